The molecule has 180 valence electrons. The van der Waals surface area contributed by atoms with E-state index in [1.807, 2.05) is 0 Å². The van der Waals surface area contributed by atoms with E-state index in [1.54, 1.807) is 0 Å². The van der Waals surface area contributed by atoms with Crippen LogP contribution in [-0.2, 0) is 57.2 Å². The lowest BCUT2D eigenvalue weighted by Crippen LogP contribution is -2.69. The van der Waals surface area contributed by atoms with Crippen LogP contribution in [0.1, 0.15) is 34.1 Å². The molecular formula is C20H22O13. The highest BCUT2D eigenvalue weighted by Gasteiger charge is 2.97. The highest BCUT2D eigenvalue weighted by Crippen LogP contribution is 2.76. The maximum Gasteiger partial charge on any atom is 0.417 e. The average Bonchev–Trinajstić information content (AvgIpc) is 3.31. The van der Waals surface area contributed by atoms with Crippen molar-refractivity contribution in [2.45, 2.75) is 64.3 Å². The first-order valence-electron chi connectivity index (χ1n) is 9.99. The van der Waals surface area contributed by atoms with Crippen LogP contribution in [0, 0.1) is 16.2 Å². The van der Waals surface area contributed by atoms with E-state index in [1.165, 1.54) is 20.8 Å². The Kier molecular flexibility index (Phi) is 4.63. The summed E-state index contributed by atoms with van der Waals surface area (Å²) in [6, 6.07) is 0. The minimum Gasteiger partial charge on any atom is -0.461 e. The molecule has 0 aromatic carbocycles. The summed E-state index contributed by atoms with van der Waals surface area (Å²) in [5.41, 5.74) is -8.21. The van der Waals surface area contributed by atoms with Gasteiger partial charge < -0.3 is 33.5 Å². The SMILES string of the molecule is COC(=O)C(=O)O[C@H]1[C@@H]2OC(=O)C[C@@]23C(=O)OC2OC(=O)[C@H](OC(C)=O)[C@@]23[C@]1(O)C(C)(C)C. The molecule has 3 aliphatic heterocycles. The Hall–Kier alpha value is -3.22. The Labute approximate surface area is 186 Å². The summed E-state index contributed by atoms with van der Waals surface area (Å²) < 4.78 is 30.7. The molecule has 13 heteroatoms. The molecule has 4 aliphatic rings. The quantitative estimate of drug-likeness (QED) is 0.281. The standard InChI is InChI=1S/C20H22O13/c1-7(21)29-11-12(23)32-16-19(11)18(15(26)33-16)6-8(22)30-9(18)10(20(19,27)17(2,3)4)31-14(25)13(24)28-5/h9-11,16,27H,6H2,1-5H3/t9-,10-,11-,16?,18-,19+,20+/m0/s1. The number of hydrogen-bond acceptors (Lipinski definition) is 13. The summed E-state index contributed by atoms with van der Waals surface area (Å²) in [4.78, 5) is 74.6. The first kappa shape index (κ1) is 23.0. The first-order valence-corrected chi connectivity index (χ1v) is 9.99. The van der Waals surface area contributed by atoms with Gasteiger partial charge in [-0.25, -0.2) is 14.4 Å². The predicted octanol–water partition coefficient (Wildman–Crippen LogP) is -1.48. The van der Waals surface area contributed by atoms with Crippen molar-refractivity contribution in [3.63, 3.8) is 0 Å². The van der Waals surface area contributed by atoms with Crippen LogP contribution in [0.15, 0.2) is 0 Å². The summed E-state index contributed by atoms with van der Waals surface area (Å²) in [5, 5.41) is 12.4. The second kappa shape index (κ2) is 6.65. The second-order valence-corrected chi connectivity index (χ2v) is 9.43. The minimum atomic E-state index is -2.46. The lowest BCUT2D eigenvalue weighted by molar-refractivity contribution is -0.259. The van der Waals surface area contributed by atoms with Gasteiger partial charge in [0.1, 0.15) is 16.4 Å². The van der Waals surface area contributed by atoms with Crippen LogP contribution in [0.5, 0.6) is 0 Å². The number of rotatable bonds is 2. The van der Waals surface area contributed by atoms with Crippen molar-refractivity contribution >= 4 is 35.8 Å². The topological polar surface area (TPSA) is 178 Å². The van der Waals surface area contributed by atoms with Crippen molar-refractivity contribution < 1.29 is 62.3 Å². The van der Waals surface area contributed by atoms with E-state index in [-0.39, 0.29) is 0 Å². The summed E-state index contributed by atoms with van der Waals surface area (Å²) in [6.07, 6.45) is -7.96. The van der Waals surface area contributed by atoms with Crippen molar-refractivity contribution in [2.24, 2.45) is 16.2 Å². The van der Waals surface area contributed by atoms with Crippen molar-refractivity contribution in [1.82, 2.24) is 0 Å². The Morgan fingerprint density at radius 1 is 1.03 bits per heavy atom. The Bertz CT molecular complexity index is 994. The van der Waals surface area contributed by atoms with E-state index in [0.29, 0.717) is 0 Å². The molecule has 1 N–H and O–H groups in total. The molecule has 0 amide bonds. The van der Waals surface area contributed by atoms with Gasteiger partial charge in [-0.1, -0.05) is 20.8 Å². The van der Waals surface area contributed by atoms with E-state index >= 15 is 0 Å². The molecule has 0 radical (unpaired) electrons. The zero-order valence-electron chi connectivity index (χ0n) is 18.4. The number of hydrogen-bond donors (Lipinski definition) is 1. The van der Waals surface area contributed by atoms with E-state index in [0.717, 1.165) is 14.0 Å². The average molecular weight is 470 g/mol. The molecule has 3 saturated heterocycles. The summed E-state index contributed by atoms with van der Waals surface area (Å²) in [6.45, 7) is 5.47. The Morgan fingerprint density at radius 2 is 1.67 bits per heavy atom. The molecular weight excluding hydrogens is 448 g/mol. The van der Waals surface area contributed by atoms with E-state index in [2.05, 4.69) is 4.74 Å². The van der Waals surface area contributed by atoms with Crippen LogP contribution in [-0.4, -0.2) is 78.2 Å². The number of aliphatic hydroxyl groups is 1. The van der Waals surface area contributed by atoms with Crippen LogP contribution in [0.4, 0.5) is 0 Å². The third kappa shape index (κ3) is 2.40. The fourth-order valence-corrected chi connectivity index (χ4v) is 5.93. The number of ether oxygens (including phenoxy) is 6. The largest absolute Gasteiger partial charge is 0.461 e. The van der Waals surface area contributed by atoms with E-state index in [4.69, 9.17) is 23.7 Å². The molecule has 1 aliphatic carbocycles. The molecule has 0 aromatic rings. The molecule has 13 nitrogen and oxygen atoms in total. The molecule has 1 unspecified atom stereocenters. The van der Waals surface area contributed by atoms with Gasteiger partial charge in [-0.2, -0.15) is 0 Å². The molecule has 3 heterocycles. The Morgan fingerprint density at radius 3 is 2.21 bits per heavy atom. The highest BCUT2D eigenvalue weighted by atomic mass is 16.8. The van der Waals surface area contributed by atoms with Gasteiger partial charge in [0.2, 0.25) is 6.10 Å². The van der Waals surface area contributed by atoms with Gasteiger partial charge in [-0.15, -0.1) is 0 Å². The number of carbonyl (C=O) groups is 6. The van der Waals surface area contributed by atoms with Gasteiger partial charge in [0, 0.05) is 6.92 Å². The molecule has 4 fully saturated rings. The van der Waals surface area contributed by atoms with E-state index < -0.39 is 88.7 Å². The lowest BCUT2D eigenvalue weighted by atomic mass is 9.52. The van der Waals surface area contributed by atoms with Crippen molar-refractivity contribution in [3.05, 3.63) is 0 Å². The van der Waals surface area contributed by atoms with Gasteiger partial charge in [-0.3, -0.25) is 14.4 Å². The molecule has 33 heavy (non-hydrogen) atoms. The number of carbonyl (C=O) groups excluding carboxylic acids is 6. The van der Waals surface area contributed by atoms with Gasteiger partial charge in [0.05, 0.1) is 13.5 Å². The van der Waals surface area contributed by atoms with Crippen LogP contribution in [0.25, 0.3) is 0 Å². The van der Waals surface area contributed by atoms with E-state index in [9.17, 15) is 33.9 Å². The first-order chi connectivity index (χ1) is 15.2. The zero-order valence-corrected chi connectivity index (χ0v) is 18.4. The molecule has 0 bridgehead atoms. The second-order valence-electron chi connectivity index (χ2n) is 9.43. The van der Waals surface area contributed by atoms with Gasteiger partial charge in [0.15, 0.2) is 12.2 Å². The van der Waals surface area contributed by atoms with Crippen LogP contribution in [0.2, 0.25) is 0 Å². The fourth-order valence-electron chi connectivity index (χ4n) is 5.93. The summed E-state index contributed by atoms with van der Waals surface area (Å²) in [5.74, 6) is -7.05. The van der Waals surface area contributed by atoms with Crippen molar-refractivity contribution in [3.8, 4) is 0 Å². The normalized spacial score (nSPS) is 40.7. The highest BCUT2D eigenvalue weighted by molar-refractivity contribution is 6.29. The maximum atomic E-state index is 13.3. The molecule has 2 spiro atoms. The van der Waals surface area contributed by atoms with Crippen LogP contribution in [0.3, 0.4) is 0 Å². The molecule has 0 aromatic heterocycles. The van der Waals surface area contributed by atoms with Crippen molar-refractivity contribution in [2.75, 3.05) is 7.11 Å². The fraction of sp³-hybridized carbons (Fsp3) is 0.700. The number of methoxy groups -OCH3 is 1. The van der Waals surface area contributed by atoms with Gasteiger partial charge in [0.25, 0.3) is 6.29 Å². The lowest BCUT2D eigenvalue weighted by Gasteiger charge is -2.51. The van der Waals surface area contributed by atoms with Gasteiger partial charge in [-0.05, 0) is 5.41 Å². The smallest absolute Gasteiger partial charge is 0.417 e. The molecule has 4 rings (SSSR count). The predicted molar refractivity (Wildman–Crippen MR) is 97.2 cm³/mol. The number of esters is 6. The van der Waals surface area contributed by atoms with Gasteiger partial charge >= 0.3 is 35.8 Å². The third-order valence-corrected chi connectivity index (χ3v) is 7.04. The monoisotopic (exact) mass is 470 g/mol. The Balaban J connectivity index is 2.04. The van der Waals surface area contributed by atoms with Crippen molar-refractivity contribution in [1.29, 1.82) is 0 Å². The summed E-state index contributed by atoms with van der Waals surface area (Å²) >= 11 is 0. The maximum absolute atomic E-state index is 13.3. The zero-order chi connectivity index (χ0) is 24.7. The molecule has 7 atom stereocenters. The third-order valence-electron chi connectivity index (χ3n) is 7.04. The molecule has 1 saturated carbocycles. The summed E-state index contributed by atoms with van der Waals surface area (Å²) in [7, 11) is 0.923. The van der Waals surface area contributed by atoms with Crippen LogP contribution < -0.4 is 0 Å². The minimum absolute atomic E-state index is 0.688. The van der Waals surface area contributed by atoms with Crippen LogP contribution >= 0.6 is 0 Å².